The van der Waals surface area contributed by atoms with Gasteiger partial charge in [-0.25, -0.2) is 4.98 Å². The van der Waals surface area contributed by atoms with E-state index in [4.69, 9.17) is 4.42 Å². The molecule has 1 aromatic heterocycles. The van der Waals surface area contributed by atoms with Crippen LogP contribution in [0.25, 0.3) is 0 Å². The summed E-state index contributed by atoms with van der Waals surface area (Å²) in [5.41, 5.74) is 3.59. The molecule has 0 fully saturated rings. The van der Waals surface area contributed by atoms with Crippen molar-refractivity contribution in [1.29, 1.82) is 0 Å². The van der Waals surface area contributed by atoms with Crippen molar-refractivity contribution < 1.29 is 4.42 Å². The Hall–Kier alpha value is -1.61. The van der Waals surface area contributed by atoms with Crippen LogP contribution in [0.1, 0.15) is 41.4 Å². The van der Waals surface area contributed by atoms with Gasteiger partial charge < -0.3 is 9.73 Å². The summed E-state index contributed by atoms with van der Waals surface area (Å²) in [5, 5.41) is 3.44. The van der Waals surface area contributed by atoms with Crippen LogP contribution in [0.2, 0.25) is 0 Å². The second-order valence-electron chi connectivity index (χ2n) is 4.71. The van der Waals surface area contributed by atoms with E-state index in [1.165, 1.54) is 11.1 Å². The molecule has 1 atom stereocenters. The van der Waals surface area contributed by atoms with Gasteiger partial charge in [0.2, 0.25) is 5.89 Å². The van der Waals surface area contributed by atoms with Gasteiger partial charge in [0.15, 0.2) is 0 Å². The summed E-state index contributed by atoms with van der Waals surface area (Å²) >= 11 is 0. The van der Waals surface area contributed by atoms with Crippen LogP contribution < -0.4 is 5.32 Å². The topological polar surface area (TPSA) is 38.1 Å². The Morgan fingerprint density at radius 2 is 1.94 bits per heavy atom. The van der Waals surface area contributed by atoms with Crippen LogP contribution in [0.15, 0.2) is 28.7 Å². The Labute approximate surface area is 108 Å². The van der Waals surface area contributed by atoms with Crippen LogP contribution in [0.4, 0.5) is 0 Å². The maximum absolute atomic E-state index is 5.56. The van der Waals surface area contributed by atoms with Crippen molar-refractivity contribution >= 4 is 0 Å². The quantitative estimate of drug-likeness (QED) is 0.895. The van der Waals surface area contributed by atoms with Crippen molar-refractivity contribution in [2.75, 3.05) is 0 Å². The number of hydrogen-bond acceptors (Lipinski definition) is 3. The fraction of sp³-hybridized carbons (Fsp3) is 0.400. The second kappa shape index (κ2) is 5.36. The van der Waals surface area contributed by atoms with E-state index in [9.17, 15) is 0 Å². The monoisotopic (exact) mass is 244 g/mol. The first-order chi connectivity index (χ1) is 8.58. The molecule has 0 spiro atoms. The first-order valence-electron chi connectivity index (χ1n) is 6.29. The lowest BCUT2D eigenvalue weighted by Crippen LogP contribution is -2.19. The summed E-state index contributed by atoms with van der Waals surface area (Å²) in [7, 11) is 0. The molecule has 3 heteroatoms. The van der Waals surface area contributed by atoms with Gasteiger partial charge >= 0.3 is 0 Å². The Morgan fingerprint density at radius 1 is 1.22 bits per heavy atom. The molecule has 0 radical (unpaired) electrons. The first kappa shape index (κ1) is 12.8. The molecule has 2 aromatic rings. The normalized spacial score (nSPS) is 12.7. The summed E-state index contributed by atoms with van der Waals surface area (Å²) in [6, 6.07) is 8.71. The third-order valence-corrected chi connectivity index (χ3v) is 3.29. The van der Waals surface area contributed by atoms with Gasteiger partial charge in [0, 0.05) is 6.04 Å². The molecule has 0 bridgehead atoms. The third kappa shape index (κ3) is 2.79. The van der Waals surface area contributed by atoms with E-state index in [1.54, 1.807) is 0 Å². The Bertz CT molecular complexity index is 512. The Kier molecular flexibility index (Phi) is 3.82. The highest BCUT2D eigenvalue weighted by Crippen LogP contribution is 2.17. The lowest BCUT2D eigenvalue weighted by atomic mass is 10.0. The summed E-state index contributed by atoms with van der Waals surface area (Å²) in [4.78, 5) is 4.37. The molecule has 96 valence electrons. The van der Waals surface area contributed by atoms with Gasteiger partial charge in [0.1, 0.15) is 5.76 Å². The van der Waals surface area contributed by atoms with E-state index >= 15 is 0 Å². The minimum atomic E-state index is 0.290. The number of benzene rings is 1. The van der Waals surface area contributed by atoms with Gasteiger partial charge in [-0.2, -0.15) is 0 Å². The Balaban J connectivity index is 2.00. The summed E-state index contributed by atoms with van der Waals surface area (Å²) in [6.45, 7) is 8.85. The smallest absolute Gasteiger partial charge is 0.208 e. The number of oxazole rings is 1. The van der Waals surface area contributed by atoms with Crippen LogP contribution in [-0.4, -0.2) is 4.98 Å². The van der Waals surface area contributed by atoms with E-state index < -0.39 is 0 Å². The molecule has 0 aliphatic carbocycles. The summed E-state index contributed by atoms with van der Waals surface area (Å²) in [6.07, 6.45) is 0. The molecule has 3 nitrogen and oxygen atoms in total. The zero-order chi connectivity index (χ0) is 13.1. The SMILES string of the molecule is Cc1ccccc1[C@@H](C)NCc1nc(C)c(C)o1. The van der Waals surface area contributed by atoms with Crippen molar-refractivity contribution in [3.8, 4) is 0 Å². The van der Waals surface area contributed by atoms with Crippen molar-refractivity contribution in [3.05, 3.63) is 52.7 Å². The molecule has 2 rings (SSSR count). The summed E-state index contributed by atoms with van der Waals surface area (Å²) < 4.78 is 5.56. The number of hydrogen-bond donors (Lipinski definition) is 1. The Morgan fingerprint density at radius 3 is 2.56 bits per heavy atom. The van der Waals surface area contributed by atoms with E-state index in [1.807, 2.05) is 13.8 Å². The van der Waals surface area contributed by atoms with E-state index in [0.717, 1.165) is 17.3 Å². The minimum Gasteiger partial charge on any atom is -0.444 e. The molecule has 0 amide bonds. The molecule has 0 aliphatic rings. The highest BCUT2D eigenvalue weighted by Gasteiger charge is 2.10. The average molecular weight is 244 g/mol. The average Bonchev–Trinajstić information content (AvgIpc) is 2.66. The maximum atomic E-state index is 5.56. The number of aromatic nitrogens is 1. The zero-order valence-corrected chi connectivity index (χ0v) is 11.4. The molecule has 0 saturated carbocycles. The molecule has 1 heterocycles. The zero-order valence-electron chi connectivity index (χ0n) is 11.4. The molecule has 0 saturated heterocycles. The number of aryl methyl sites for hydroxylation is 3. The number of nitrogens with zero attached hydrogens (tertiary/aromatic N) is 1. The molecule has 0 unspecified atom stereocenters. The molecular weight excluding hydrogens is 224 g/mol. The van der Waals surface area contributed by atoms with Crippen LogP contribution >= 0.6 is 0 Å². The van der Waals surface area contributed by atoms with Crippen molar-refractivity contribution in [3.63, 3.8) is 0 Å². The lowest BCUT2D eigenvalue weighted by molar-refractivity contribution is 0.431. The van der Waals surface area contributed by atoms with Crippen molar-refractivity contribution in [1.82, 2.24) is 10.3 Å². The third-order valence-electron chi connectivity index (χ3n) is 3.29. The fourth-order valence-electron chi connectivity index (χ4n) is 2.04. The maximum Gasteiger partial charge on any atom is 0.208 e. The summed E-state index contributed by atoms with van der Waals surface area (Å²) in [5.74, 6) is 1.65. The van der Waals surface area contributed by atoms with Crippen LogP contribution in [-0.2, 0) is 6.54 Å². The minimum absolute atomic E-state index is 0.290. The molecule has 0 aliphatic heterocycles. The van der Waals surface area contributed by atoms with Gasteiger partial charge in [-0.3, -0.25) is 0 Å². The predicted molar refractivity (Wildman–Crippen MR) is 72.4 cm³/mol. The largest absolute Gasteiger partial charge is 0.444 e. The lowest BCUT2D eigenvalue weighted by Gasteiger charge is -2.15. The van der Waals surface area contributed by atoms with E-state index in [-0.39, 0.29) is 0 Å². The highest BCUT2D eigenvalue weighted by atomic mass is 16.4. The fourth-order valence-corrected chi connectivity index (χ4v) is 2.04. The molecule has 18 heavy (non-hydrogen) atoms. The predicted octanol–water partition coefficient (Wildman–Crippen LogP) is 3.45. The van der Waals surface area contributed by atoms with Crippen molar-refractivity contribution in [2.24, 2.45) is 0 Å². The molecule has 1 aromatic carbocycles. The van der Waals surface area contributed by atoms with Crippen LogP contribution in [0, 0.1) is 20.8 Å². The van der Waals surface area contributed by atoms with E-state index in [2.05, 4.69) is 48.4 Å². The van der Waals surface area contributed by atoms with Gasteiger partial charge in [-0.05, 0) is 38.8 Å². The van der Waals surface area contributed by atoms with E-state index in [0.29, 0.717) is 12.6 Å². The number of rotatable bonds is 4. The number of nitrogens with one attached hydrogen (secondary N) is 1. The first-order valence-corrected chi connectivity index (χ1v) is 6.29. The molecule has 1 N–H and O–H groups in total. The standard InChI is InChI=1S/C15H20N2O/c1-10-7-5-6-8-14(10)12(3)16-9-15-17-11(2)13(4)18-15/h5-8,12,16H,9H2,1-4H3/t12-/m1/s1. The van der Waals surface area contributed by atoms with Gasteiger partial charge in [-0.1, -0.05) is 24.3 Å². The second-order valence-corrected chi connectivity index (χ2v) is 4.71. The van der Waals surface area contributed by atoms with Gasteiger partial charge in [-0.15, -0.1) is 0 Å². The van der Waals surface area contributed by atoms with Crippen molar-refractivity contribution in [2.45, 2.75) is 40.3 Å². The van der Waals surface area contributed by atoms with Gasteiger partial charge in [0.25, 0.3) is 0 Å². The van der Waals surface area contributed by atoms with Gasteiger partial charge in [0.05, 0.1) is 12.2 Å². The van der Waals surface area contributed by atoms with Crippen LogP contribution in [0.3, 0.4) is 0 Å². The highest BCUT2D eigenvalue weighted by molar-refractivity contribution is 5.28. The van der Waals surface area contributed by atoms with Crippen LogP contribution in [0.5, 0.6) is 0 Å². The molecular formula is C15H20N2O.